The predicted octanol–water partition coefficient (Wildman–Crippen LogP) is 2.30. The molecule has 106 valence electrons. The number of carboxylic acid groups (broad SMARTS) is 1. The van der Waals surface area contributed by atoms with E-state index in [1.807, 2.05) is 13.8 Å². The van der Waals surface area contributed by atoms with Gasteiger partial charge in [0.25, 0.3) is 0 Å². The summed E-state index contributed by atoms with van der Waals surface area (Å²) in [6.07, 6.45) is 3.74. The standard InChI is InChI=1S/C15H23NO3/c1-9(2)7-10(3)14(17)16-8-11-5-4-6-12(11)13(16)15(18)19/h10-13H,1,4-8H2,2-3H3,(H,18,19)/t10-,11-,12+,13+/m0/s1. The number of carbonyl (C=O) groups is 2. The number of hydrogen-bond acceptors (Lipinski definition) is 2. The van der Waals surface area contributed by atoms with Crippen molar-refractivity contribution in [2.45, 2.75) is 45.6 Å². The van der Waals surface area contributed by atoms with E-state index in [9.17, 15) is 14.7 Å². The summed E-state index contributed by atoms with van der Waals surface area (Å²) in [5, 5.41) is 9.43. The van der Waals surface area contributed by atoms with Crippen molar-refractivity contribution < 1.29 is 14.7 Å². The zero-order chi connectivity index (χ0) is 14.2. The zero-order valence-corrected chi connectivity index (χ0v) is 11.8. The number of rotatable bonds is 4. The average Bonchev–Trinajstić information content (AvgIpc) is 2.84. The molecular formula is C15H23NO3. The van der Waals surface area contributed by atoms with Crippen molar-refractivity contribution in [3.63, 3.8) is 0 Å². The average molecular weight is 265 g/mol. The molecule has 2 fully saturated rings. The van der Waals surface area contributed by atoms with E-state index in [1.165, 1.54) is 0 Å². The van der Waals surface area contributed by atoms with Crippen molar-refractivity contribution in [2.75, 3.05) is 6.54 Å². The second kappa shape index (κ2) is 5.35. The molecule has 1 aliphatic carbocycles. The number of aliphatic carboxylic acids is 1. The smallest absolute Gasteiger partial charge is 0.326 e. The Labute approximate surface area is 114 Å². The van der Waals surface area contributed by atoms with Crippen LogP contribution in [0.25, 0.3) is 0 Å². The molecule has 1 heterocycles. The van der Waals surface area contributed by atoms with Crippen LogP contribution in [0, 0.1) is 17.8 Å². The Bertz CT molecular complexity index is 404. The summed E-state index contributed by atoms with van der Waals surface area (Å²) in [6.45, 7) is 8.22. The van der Waals surface area contributed by atoms with Crippen LogP contribution in [0.2, 0.25) is 0 Å². The summed E-state index contributed by atoms with van der Waals surface area (Å²) >= 11 is 0. The molecule has 1 saturated heterocycles. The first kappa shape index (κ1) is 14.1. The number of hydrogen-bond donors (Lipinski definition) is 1. The zero-order valence-electron chi connectivity index (χ0n) is 11.8. The number of amides is 1. The molecule has 1 amide bonds. The van der Waals surface area contributed by atoms with Gasteiger partial charge in [-0.2, -0.15) is 0 Å². The van der Waals surface area contributed by atoms with Crippen molar-refractivity contribution in [3.05, 3.63) is 12.2 Å². The van der Waals surface area contributed by atoms with Crippen LogP contribution in [0.5, 0.6) is 0 Å². The second-order valence-electron chi connectivity index (χ2n) is 6.19. The fourth-order valence-corrected chi connectivity index (χ4v) is 3.74. The summed E-state index contributed by atoms with van der Waals surface area (Å²) < 4.78 is 0. The second-order valence-corrected chi connectivity index (χ2v) is 6.19. The topological polar surface area (TPSA) is 57.6 Å². The third-order valence-corrected chi connectivity index (χ3v) is 4.50. The van der Waals surface area contributed by atoms with Gasteiger partial charge in [-0.05, 0) is 38.0 Å². The first-order valence-electron chi connectivity index (χ1n) is 7.09. The normalized spacial score (nSPS) is 31.1. The fraction of sp³-hybridized carbons (Fsp3) is 0.733. The third kappa shape index (κ3) is 2.67. The highest BCUT2D eigenvalue weighted by atomic mass is 16.4. The van der Waals surface area contributed by atoms with Crippen LogP contribution >= 0.6 is 0 Å². The van der Waals surface area contributed by atoms with Gasteiger partial charge in [-0.15, -0.1) is 6.58 Å². The minimum atomic E-state index is -0.842. The minimum absolute atomic E-state index is 0.0233. The SMILES string of the molecule is C=C(C)C[C@H](C)C(=O)N1C[C@@H]2CCC[C@H]2[C@@H]1C(=O)O. The van der Waals surface area contributed by atoms with Gasteiger partial charge in [0.2, 0.25) is 5.91 Å². The van der Waals surface area contributed by atoms with Crippen LogP contribution in [-0.2, 0) is 9.59 Å². The molecule has 0 radical (unpaired) electrons. The highest BCUT2D eigenvalue weighted by molar-refractivity contribution is 5.86. The van der Waals surface area contributed by atoms with Crippen LogP contribution < -0.4 is 0 Å². The molecule has 0 aromatic heterocycles. The summed E-state index contributed by atoms with van der Waals surface area (Å²) in [5.74, 6) is -0.478. The Balaban J connectivity index is 2.12. The maximum Gasteiger partial charge on any atom is 0.326 e. The fourth-order valence-electron chi connectivity index (χ4n) is 3.74. The van der Waals surface area contributed by atoms with E-state index in [2.05, 4.69) is 6.58 Å². The Kier molecular flexibility index (Phi) is 3.97. The van der Waals surface area contributed by atoms with E-state index < -0.39 is 12.0 Å². The van der Waals surface area contributed by atoms with Crippen molar-refractivity contribution in [1.82, 2.24) is 4.90 Å². The van der Waals surface area contributed by atoms with E-state index in [-0.39, 0.29) is 17.7 Å². The largest absolute Gasteiger partial charge is 0.480 e. The van der Waals surface area contributed by atoms with Gasteiger partial charge in [-0.3, -0.25) is 4.79 Å². The molecule has 0 unspecified atom stereocenters. The minimum Gasteiger partial charge on any atom is -0.480 e. The Hall–Kier alpha value is -1.32. The summed E-state index contributed by atoms with van der Waals surface area (Å²) in [6, 6.07) is -0.604. The number of allylic oxidation sites excluding steroid dienone is 1. The van der Waals surface area contributed by atoms with Gasteiger partial charge >= 0.3 is 5.97 Å². The molecule has 2 aliphatic rings. The molecule has 2 rings (SSSR count). The Morgan fingerprint density at radius 1 is 1.42 bits per heavy atom. The summed E-state index contributed by atoms with van der Waals surface area (Å²) in [7, 11) is 0. The Morgan fingerprint density at radius 3 is 2.68 bits per heavy atom. The summed E-state index contributed by atoms with van der Waals surface area (Å²) in [4.78, 5) is 25.6. The van der Waals surface area contributed by atoms with Crippen molar-refractivity contribution in [3.8, 4) is 0 Å². The molecule has 19 heavy (non-hydrogen) atoms. The number of nitrogens with zero attached hydrogens (tertiary/aromatic N) is 1. The van der Waals surface area contributed by atoms with E-state index in [1.54, 1.807) is 4.90 Å². The molecule has 0 bridgehead atoms. The molecule has 4 atom stereocenters. The highest BCUT2D eigenvalue weighted by Gasteiger charge is 2.49. The van der Waals surface area contributed by atoms with Gasteiger partial charge < -0.3 is 10.0 Å². The predicted molar refractivity (Wildman–Crippen MR) is 72.6 cm³/mol. The maximum atomic E-state index is 12.4. The lowest BCUT2D eigenvalue weighted by atomic mass is 9.94. The number of likely N-dealkylation sites (tertiary alicyclic amines) is 1. The molecule has 0 spiro atoms. The molecule has 1 N–H and O–H groups in total. The lowest BCUT2D eigenvalue weighted by Gasteiger charge is -2.27. The van der Waals surface area contributed by atoms with Gasteiger partial charge in [0.1, 0.15) is 6.04 Å². The summed E-state index contributed by atoms with van der Waals surface area (Å²) in [5.41, 5.74) is 0.965. The van der Waals surface area contributed by atoms with E-state index in [4.69, 9.17) is 0 Å². The van der Waals surface area contributed by atoms with Crippen LogP contribution in [0.3, 0.4) is 0 Å². The maximum absolute atomic E-state index is 12.4. The van der Waals surface area contributed by atoms with Gasteiger partial charge in [0.05, 0.1) is 0 Å². The molecule has 1 saturated carbocycles. The van der Waals surface area contributed by atoms with Crippen molar-refractivity contribution in [1.29, 1.82) is 0 Å². The molecule has 1 aliphatic heterocycles. The van der Waals surface area contributed by atoms with Crippen LogP contribution in [0.1, 0.15) is 39.5 Å². The van der Waals surface area contributed by atoms with Gasteiger partial charge in [-0.1, -0.05) is 18.9 Å². The molecule has 0 aromatic carbocycles. The van der Waals surface area contributed by atoms with E-state index in [0.29, 0.717) is 18.9 Å². The van der Waals surface area contributed by atoms with Crippen molar-refractivity contribution >= 4 is 11.9 Å². The molecule has 4 heteroatoms. The number of fused-ring (bicyclic) bond motifs is 1. The van der Waals surface area contributed by atoms with Gasteiger partial charge in [-0.25, -0.2) is 4.79 Å². The molecule has 4 nitrogen and oxygen atoms in total. The lowest BCUT2D eigenvalue weighted by molar-refractivity contribution is -0.151. The first-order valence-corrected chi connectivity index (χ1v) is 7.09. The molecule has 0 aromatic rings. The Morgan fingerprint density at radius 2 is 2.11 bits per heavy atom. The quantitative estimate of drug-likeness (QED) is 0.793. The lowest BCUT2D eigenvalue weighted by Crippen LogP contribution is -2.45. The first-order chi connectivity index (χ1) is 8.91. The monoisotopic (exact) mass is 265 g/mol. The van der Waals surface area contributed by atoms with Crippen LogP contribution in [-0.4, -0.2) is 34.5 Å². The van der Waals surface area contributed by atoms with Crippen LogP contribution in [0.4, 0.5) is 0 Å². The molecular weight excluding hydrogens is 242 g/mol. The van der Waals surface area contributed by atoms with E-state index in [0.717, 1.165) is 24.8 Å². The number of carboxylic acids is 1. The third-order valence-electron chi connectivity index (χ3n) is 4.50. The van der Waals surface area contributed by atoms with E-state index >= 15 is 0 Å². The van der Waals surface area contributed by atoms with Crippen molar-refractivity contribution in [2.24, 2.45) is 17.8 Å². The van der Waals surface area contributed by atoms with Gasteiger partial charge in [0, 0.05) is 12.5 Å². The van der Waals surface area contributed by atoms with Crippen LogP contribution in [0.15, 0.2) is 12.2 Å². The highest BCUT2D eigenvalue weighted by Crippen LogP contribution is 2.42. The number of carbonyl (C=O) groups excluding carboxylic acids is 1. The van der Waals surface area contributed by atoms with Gasteiger partial charge in [0.15, 0.2) is 0 Å².